The Labute approximate surface area is 129 Å². The maximum absolute atomic E-state index is 12.4. The Bertz CT molecular complexity index is 734. The molecule has 0 saturated heterocycles. The lowest BCUT2D eigenvalue weighted by molar-refractivity contribution is 0.601. The number of sulfonamides is 1. The topological polar surface area (TPSA) is 58.2 Å². The third-order valence-corrected chi connectivity index (χ3v) is 5.80. The van der Waals surface area contributed by atoms with Gasteiger partial charge in [0.25, 0.3) is 10.0 Å². The van der Waals surface area contributed by atoms with Gasteiger partial charge in [-0.15, -0.1) is 11.3 Å². The number of benzene rings is 1. The van der Waals surface area contributed by atoms with Gasteiger partial charge in [0.2, 0.25) is 0 Å². The SMILES string of the molecule is Cc1cccc(NS(=O)(=O)c2csc(CNC3CC3)c2)c1. The summed E-state index contributed by atoms with van der Waals surface area (Å²) >= 11 is 1.48. The predicted octanol–water partition coefficient (Wildman–Crippen LogP) is 3.11. The summed E-state index contributed by atoms with van der Waals surface area (Å²) in [4.78, 5) is 1.38. The fraction of sp³-hybridized carbons (Fsp3) is 0.333. The molecular weight excluding hydrogens is 304 g/mol. The van der Waals surface area contributed by atoms with E-state index in [0.29, 0.717) is 16.6 Å². The van der Waals surface area contributed by atoms with Crippen LogP contribution in [-0.4, -0.2) is 14.5 Å². The minimum absolute atomic E-state index is 0.335. The summed E-state index contributed by atoms with van der Waals surface area (Å²) in [6.45, 7) is 2.68. The minimum atomic E-state index is -3.50. The van der Waals surface area contributed by atoms with Crippen molar-refractivity contribution in [3.05, 3.63) is 46.2 Å². The molecule has 0 aliphatic heterocycles. The van der Waals surface area contributed by atoms with E-state index < -0.39 is 10.0 Å². The molecule has 2 aromatic rings. The standard InChI is InChI=1S/C15H18N2O2S2/c1-11-3-2-4-13(7-11)17-21(18,19)15-8-14(20-10-15)9-16-12-5-6-12/h2-4,7-8,10,12,16-17H,5-6,9H2,1H3. The van der Waals surface area contributed by atoms with E-state index >= 15 is 0 Å². The zero-order chi connectivity index (χ0) is 14.9. The number of anilines is 1. The smallest absolute Gasteiger partial charge is 0.262 e. The van der Waals surface area contributed by atoms with Gasteiger partial charge in [0, 0.05) is 28.5 Å². The third kappa shape index (κ3) is 3.84. The molecule has 4 nitrogen and oxygen atoms in total. The quantitative estimate of drug-likeness (QED) is 0.859. The highest BCUT2D eigenvalue weighted by atomic mass is 32.2. The number of thiophene rings is 1. The van der Waals surface area contributed by atoms with Gasteiger partial charge in [0.05, 0.1) is 4.90 Å². The lowest BCUT2D eigenvalue weighted by Gasteiger charge is -2.07. The summed E-state index contributed by atoms with van der Waals surface area (Å²) in [7, 11) is -3.50. The molecule has 0 atom stereocenters. The van der Waals surface area contributed by atoms with Gasteiger partial charge in [-0.1, -0.05) is 12.1 Å². The molecule has 0 bridgehead atoms. The van der Waals surface area contributed by atoms with Crippen LogP contribution < -0.4 is 10.0 Å². The van der Waals surface area contributed by atoms with Crippen molar-refractivity contribution in [2.45, 2.75) is 37.2 Å². The number of nitrogens with one attached hydrogen (secondary N) is 2. The van der Waals surface area contributed by atoms with Crippen molar-refractivity contribution in [1.29, 1.82) is 0 Å². The van der Waals surface area contributed by atoms with Crippen LogP contribution in [0.15, 0.2) is 40.6 Å². The average molecular weight is 322 g/mol. The van der Waals surface area contributed by atoms with Crippen LogP contribution in [0.4, 0.5) is 5.69 Å². The van der Waals surface area contributed by atoms with Crippen LogP contribution in [0.25, 0.3) is 0 Å². The zero-order valence-electron chi connectivity index (χ0n) is 11.8. The maximum Gasteiger partial charge on any atom is 0.262 e. The van der Waals surface area contributed by atoms with Gasteiger partial charge in [0.1, 0.15) is 0 Å². The van der Waals surface area contributed by atoms with Crippen LogP contribution in [-0.2, 0) is 16.6 Å². The van der Waals surface area contributed by atoms with E-state index in [-0.39, 0.29) is 0 Å². The van der Waals surface area contributed by atoms with Gasteiger partial charge in [-0.2, -0.15) is 0 Å². The van der Waals surface area contributed by atoms with Gasteiger partial charge in [-0.3, -0.25) is 4.72 Å². The summed E-state index contributed by atoms with van der Waals surface area (Å²) in [5.41, 5.74) is 1.62. The molecule has 1 aromatic heterocycles. The van der Waals surface area contributed by atoms with Crippen LogP contribution in [0.5, 0.6) is 0 Å². The third-order valence-electron chi connectivity index (χ3n) is 3.35. The Morgan fingerprint density at radius 2 is 2.10 bits per heavy atom. The number of aryl methyl sites for hydroxylation is 1. The van der Waals surface area contributed by atoms with Crippen molar-refractivity contribution >= 4 is 27.0 Å². The first kappa shape index (κ1) is 14.6. The zero-order valence-corrected chi connectivity index (χ0v) is 13.4. The molecule has 1 saturated carbocycles. The number of rotatable bonds is 6. The molecular formula is C15H18N2O2S2. The summed E-state index contributed by atoms with van der Waals surface area (Å²) in [5.74, 6) is 0. The first-order valence-corrected chi connectivity index (χ1v) is 9.29. The summed E-state index contributed by atoms with van der Waals surface area (Å²) in [6, 6.07) is 9.72. The molecule has 1 aromatic carbocycles. The Balaban J connectivity index is 1.71. The van der Waals surface area contributed by atoms with Crippen LogP contribution >= 0.6 is 11.3 Å². The van der Waals surface area contributed by atoms with Gasteiger partial charge >= 0.3 is 0 Å². The molecule has 1 aliphatic rings. The van der Waals surface area contributed by atoms with E-state index in [2.05, 4.69) is 10.0 Å². The summed E-state index contributed by atoms with van der Waals surface area (Å²) in [6.07, 6.45) is 2.46. The normalized spacial score (nSPS) is 15.1. The molecule has 0 amide bonds. The van der Waals surface area contributed by atoms with E-state index in [0.717, 1.165) is 17.0 Å². The first-order valence-electron chi connectivity index (χ1n) is 6.93. The second-order valence-electron chi connectivity index (χ2n) is 5.38. The fourth-order valence-corrected chi connectivity index (χ4v) is 4.32. The summed E-state index contributed by atoms with van der Waals surface area (Å²) < 4.78 is 27.3. The minimum Gasteiger partial charge on any atom is -0.309 e. The molecule has 6 heteroatoms. The average Bonchev–Trinajstić information content (AvgIpc) is 3.12. The molecule has 3 rings (SSSR count). The molecule has 2 N–H and O–H groups in total. The van der Waals surface area contributed by atoms with E-state index in [9.17, 15) is 8.42 Å². The molecule has 1 aliphatic carbocycles. The van der Waals surface area contributed by atoms with E-state index in [1.165, 1.54) is 24.2 Å². The Kier molecular flexibility index (Phi) is 4.01. The van der Waals surface area contributed by atoms with Crippen molar-refractivity contribution < 1.29 is 8.42 Å². The van der Waals surface area contributed by atoms with E-state index in [1.54, 1.807) is 17.5 Å². The van der Waals surface area contributed by atoms with E-state index in [1.807, 2.05) is 25.1 Å². The predicted molar refractivity (Wildman–Crippen MR) is 86.2 cm³/mol. The van der Waals surface area contributed by atoms with Crippen LogP contribution in [0.3, 0.4) is 0 Å². The van der Waals surface area contributed by atoms with Crippen molar-refractivity contribution in [2.75, 3.05) is 4.72 Å². The molecule has 112 valence electrons. The van der Waals surface area contributed by atoms with Crippen molar-refractivity contribution in [3.8, 4) is 0 Å². The summed E-state index contributed by atoms with van der Waals surface area (Å²) in [5, 5.41) is 5.09. The van der Waals surface area contributed by atoms with Crippen LogP contribution in [0.2, 0.25) is 0 Å². The molecule has 0 unspecified atom stereocenters. The van der Waals surface area contributed by atoms with Crippen molar-refractivity contribution in [1.82, 2.24) is 5.32 Å². The Morgan fingerprint density at radius 3 is 2.81 bits per heavy atom. The monoisotopic (exact) mass is 322 g/mol. The van der Waals surface area contributed by atoms with Gasteiger partial charge in [0.15, 0.2) is 0 Å². The number of hydrogen-bond donors (Lipinski definition) is 2. The lowest BCUT2D eigenvalue weighted by atomic mass is 10.2. The molecule has 0 radical (unpaired) electrons. The van der Waals surface area contributed by atoms with Gasteiger partial charge in [-0.05, 0) is 43.5 Å². The second-order valence-corrected chi connectivity index (χ2v) is 8.06. The number of hydrogen-bond acceptors (Lipinski definition) is 4. The highest BCUT2D eigenvalue weighted by Gasteiger charge is 2.21. The Hall–Kier alpha value is -1.37. The maximum atomic E-state index is 12.4. The van der Waals surface area contributed by atoms with Crippen molar-refractivity contribution in [3.63, 3.8) is 0 Å². The largest absolute Gasteiger partial charge is 0.309 e. The fourth-order valence-electron chi connectivity index (χ4n) is 2.05. The van der Waals surface area contributed by atoms with Crippen LogP contribution in [0.1, 0.15) is 23.3 Å². The van der Waals surface area contributed by atoms with Gasteiger partial charge < -0.3 is 5.32 Å². The molecule has 0 spiro atoms. The highest BCUT2D eigenvalue weighted by molar-refractivity contribution is 7.92. The van der Waals surface area contributed by atoms with Crippen LogP contribution in [0, 0.1) is 6.92 Å². The second kappa shape index (κ2) is 5.79. The first-order chi connectivity index (χ1) is 10.0. The lowest BCUT2D eigenvalue weighted by Crippen LogP contribution is -2.14. The van der Waals surface area contributed by atoms with Crippen molar-refractivity contribution in [2.24, 2.45) is 0 Å². The van der Waals surface area contributed by atoms with E-state index in [4.69, 9.17) is 0 Å². The Morgan fingerprint density at radius 1 is 1.29 bits per heavy atom. The molecule has 1 fully saturated rings. The molecule has 21 heavy (non-hydrogen) atoms. The molecule has 1 heterocycles. The van der Waals surface area contributed by atoms with Gasteiger partial charge in [-0.25, -0.2) is 8.42 Å². The highest BCUT2D eigenvalue weighted by Crippen LogP contribution is 2.24.